The second-order valence-corrected chi connectivity index (χ2v) is 6.71. The molecule has 130 valence electrons. The van der Waals surface area contributed by atoms with Crippen molar-refractivity contribution in [3.63, 3.8) is 0 Å². The molecule has 0 aliphatic carbocycles. The van der Waals surface area contributed by atoms with Gasteiger partial charge in [-0.25, -0.2) is 9.37 Å². The summed E-state index contributed by atoms with van der Waals surface area (Å²) in [7, 11) is 0. The van der Waals surface area contributed by atoms with Crippen LogP contribution in [0.15, 0.2) is 48.8 Å². The fraction of sp³-hybridized carbons (Fsp3) is 0.263. The summed E-state index contributed by atoms with van der Waals surface area (Å²) in [4.78, 5) is 15.8. The number of halogens is 1. The van der Waals surface area contributed by atoms with Crippen molar-refractivity contribution in [2.24, 2.45) is 5.73 Å². The molecule has 2 aromatic heterocycles. The summed E-state index contributed by atoms with van der Waals surface area (Å²) in [6.45, 7) is 4.14. The average molecular weight is 341 g/mol. The van der Waals surface area contributed by atoms with Gasteiger partial charge in [-0.15, -0.1) is 0 Å². The maximum Gasteiger partial charge on any atom is 0.321 e. The number of nitrogens with two attached hydrogens (primary N) is 1. The lowest BCUT2D eigenvalue weighted by Gasteiger charge is -2.28. The molecule has 0 aliphatic rings. The van der Waals surface area contributed by atoms with Crippen LogP contribution in [0.1, 0.15) is 25.0 Å². The first-order chi connectivity index (χ1) is 11.8. The monoisotopic (exact) mass is 341 g/mol. The number of fused-ring (bicyclic) bond motifs is 1. The molecule has 0 aliphatic heterocycles. The molecule has 6 heteroatoms. The molecule has 0 radical (unpaired) electrons. The standard InChI is InChI=1S/C19H20FN3O2/c1-19(2,16(21)18(24)25)15-11-23(17-14(15)4-3-9-22-17)10-12-5-7-13(20)8-6-12/h3-9,11,16H,10,21H2,1-2H3,(H,24,25). The third-order valence-electron chi connectivity index (χ3n) is 4.64. The number of hydrogen-bond acceptors (Lipinski definition) is 3. The number of nitrogens with zero attached hydrogens (tertiary/aromatic N) is 2. The molecule has 0 fully saturated rings. The SMILES string of the molecule is CC(C)(c1cn(Cc2ccc(F)cc2)c2ncccc12)C(N)C(=O)O. The molecule has 0 bridgehead atoms. The van der Waals surface area contributed by atoms with E-state index >= 15 is 0 Å². The minimum Gasteiger partial charge on any atom is -0.480 e. The summed E-state index contributed by atoms with van der Waals surface area (Å²) in [5, 5.41) is 10.2. The van der Waals surface area contributed by atoms with Gasteiger partial charge in [-0.1, -0.05) is 26.0 Å². The van der Waals surface area contributed by atoms with Gasteiger partial charge >= 0.3 is 5.97 Å². The van der Waals surface area contributed by atoms with Gasteiger partial charge in [-0.05, 0) is 35.4 Å². The van der Waals surface area contributed by atoms with Crippen molar-refractivity contribution in [1.82, 2.24) is 9.55 Å². The number of aromatic nitrogens is 2. The second-order valence-electron chi connectivity index (χ2n) is 6.71. The fourth-order valence-electron chi connectivity index (χ4n) is 3.02. The number of benzene rings is 1. The Morgan fingerprint density at radius 2 is 2.00 bits per heavy atom. The number of pyridine rings is 1. The maximum absolute atomic E-state index is 13.1. The fourth-order valence-corrected chi connectivity index (χ4v) is 3.02. The maximum atomic E-state index is 13.1. The predicted molar refractivity (Wildman–Crippen MR) is 93.9 cm³/mol. The average Bonchev–Trinajstić information content (AvgIpc) is 2.96. The largest absolute Gasteiger partial charge is 0.480 e. The molecule has 1 unspecified atom stereocenters. The van der Waals surface area contributed by atoms with E-state index in [1.807, 2.05) is 36.7 Å². The highest BCUT2D eigenvalue weighted by atomic mass is 19.1. The first-order valence-electron chi connectivity index (χ1n) is 7.98. The van der Waals surface area contributed by atoms with Crippen LogP contribution >= 0.6 is 0 Å². The van der Waals surface area contributed by atoms with Gasteiger partial charge in [0.25, 0.3) is 0 Å². The van der Waals surface area contributed by atoms with Gasteiger partial charge in [0.2, 0.25) is 0 Å². The van der Waals surface area contributed by atoms with Crippen molar-refractivity contribution < 1.29 is 14.3 Å². The Labute approximate surface area is 144 Å². The number of carboxylic acid groups (broad SMARTS) is 1. The van der Waals surface area contributed by atoms with Crippen molar-refractivity contribution in [3.8, 4) is 0 Å². The van der Waals surface area contributed by atoms with E-state index < -0.39 is 17.4 Å². The summed E-state index contributed by atoms with van der Waals surface area (Å²) < 4.78 is 15.1. The van der Waals surface area contributed by atoms with Crippen molar-refractivity contribution >= 4 is 17.0 Å². The van der Waals surface area contributed by atoms with Gasteiger partial charge in [-0.2, -0.15) is 0 Å². The van der Waals surface area contributed by atoms with Crippen LogP contribution in [0.25, 0.3) is 11.0 Å². The van der Waals surface area contributed by atoms with E-state index in [1.165, 1.54) is 12.1 Å². The highest BCUT2D eigenvalue weighted by molar-refractivity contribution is 5.84. The van der Waals surface area contributed by atoms with Crippen LogP contribution in [0.4, 0.5) is 4.39 Å². The molecule has 5 nitrogen and oxygen atoms in total. The molecule has 0 amide bonds. The molecule has 1 aromatic carbocycles. The third-order valence-corrected chi connectivity index (χ3v) is 4.64. The third kappa shape index (κ3) is 3.13. The normalized spacial score (nSPS) is 13.1. The zero-order chi connectivity index (χ0) is 18.2. The summed E-state index contributed by atoms with van der Waals surface area (Å²) in [6, 6.07) is 8.96. The van der Waals surface area contributed by atoms with Gasteiger partial charge < -0.3 is 15.4 Å². The van der Waals surface area contributed by atoms with E-state index in [2.05, 4.69) is 4.98 Å². The van der Waals surface area contributed by atoms with Crippen LogP contribution in [0.5, 0.6) is 0 Å². The number of aliphatic carboxylic acids is 1. The Balaban J connectivity index is 2.09. The van der Waals surface area contributed by atoms with Crippen LogP contribution in [-0.4, -0.2) is 26.7 Å². The van der Waals surface area contributed by atoms with Gasteiger partial charge in [-0.3, -0.25) is 4.79 Å². The van der Waals surface area contributed by atoms with Crippen molar-refractivity contribution in [3.05, 3.63) is 65.7 Å². The highest BCUT2D eigenvalue weighted by Crippen LogP contribution is 2.33. The van der Waals surface area contributed by atoms with Crippen molar-refractivity contribution in [2.45, 2.75) is 31.8 Å². The Bertz CT molecular complexity index is 916. The van der Waals surface area contributed by atoms with E-state index in [1.54, 1.807) is 18.3 Å². The molecule has 25 heavy (non-hydrogen) atoms. The summed E-state index contributed by atoms with van der Waals surface area (Å²) >= 11 is 0. The van der Waals surface area contributed by atoms with Crippen LogP contribution < -0.4 is 5.73 Å². The molecule has 0 spiro atoms. The molecule has 3 aromatic rings. The van der Waals surface area contributed by atoms with Crippen LogP contribution in [0.2, 0.25) is 0 Å². The Morgan fingerprint density at radius 3 is 2.64 bits per heavy atom. The Kier molecular flexibility index (Phi) is 4.30. The lowest BCUT2D eigenvalue weighted by atomic mass is 9.78. The number of hydrogen-bond donors (Lipinski definition) is 2. The smallest absolute Gasteiger partial charge is 0.321 e. The van der Waals surface area contributed by atoms with Gasteiger partial charge in [0.15, 0.2) is 0 Å². The summed E-state index contributed by atoms with van der Waals surface area (Å²) in [5.74, 6) is -1.33. The quantitative estimate of drug-likeness (QED) is 0.748. The van der Waals surface area contributed by atoms with E-state index in [9.17, 15) is 14.3 Å². The molecular formula is C19H20FN3O2. The number of carboxylic acids is 1. The molecule has 3 rings (SSSR count). The molecule has 2 heterocycles. The minimum atomic E-state index is -1.05. The molecule has 3 N–H and O–H groups in total. The van der Waals surface area contributed by atoms with Crippen molar-refractivity contribution in [1.29, 1.82) is 0 Å². The van der Waals surface area contributed by atoms with E-state index in [0.29, 0.717) is 6.54 Å². The topological polar surface area (TPSA) is 81.1 Å². The van der Waals surface area contributed by atoms with Gasteiger partial charge in [0.1, 0.15) is 17.5 Å². The van der Waals surface area contributed by atoms with Crippen LogP contribution in [-0.2, 0) is 16.8 Å². The van der Waals surface area contributed by atoms with Gasteiger partial charge in [0.05, 0.1) is 0 Å². The van der Waals surface area contributed by atoms with E-state index in [0.717, 1.165) is 22.2 Å². The number of carbonyl (C=O) groups is 1. The first-order valence-corrected chi connectivity index (χ1v) is 7.98. The van der Waals surface area contributed by atoms with Gasteiger partial charge in [0, 0.05) is 29.7 Å². The lowest BCUT2D eigenvalue weighted by Crippen LogP contribution is -2.46. The summed E-state index contributed by atoms with van der Waals surface area (Å²) in [6.07, 6.45) is 3.58. The predicted octanol–water partition coefficient (Wildman–Crippen LogP) is 2.91. The van der Waals surface area contributed by atoms with Crippen LogP contribution in [0.3, 0.4) is 0 Å². The molecule has 0 saturated heterocycles. The zero-order valence-corrected chi connectivity index (χ0v) is 14.1. The zero-order valence-electron chi connectivity index (χ0n) is 14.1. The highest BCUT2D eigenvalue weighted by Gasteiger charge is 2.36. The first kappa shape index (κ1) is 17.1. The van der Waals surface area contributed by atoms with E-state index in [4.69, 9.17) is 5.73 Å². The molecule has 0 saturated carbocycles. The Morgan fingerprint density at radius 1 is 1.32 bits per heavy atom. The number of rotatable bonds is 5. The summed E-state index contributed by atoms with van der Waals surface area (Å²) in [5.41, 5.74) is 7.64. The Hall–Kier alpha value is -2.73. The molecular weight excluding hydrogens is 321 g/mol. The lowest BCUT2D eigenvalue weighted by molar-refractivity contribution is -0.140. The van der Waals surface area contributed by atoms with E-state index in [-0.39, 0.29) is 5.82 Å². The second kappa shape index (κ2) is 6.29. The molecule has 1 atom stereocenters. The van der Waals surface area contributed by atoms with Crippen LogP contribution in [0, 0.1) is 5.82 Å². The minimum absolute atomic E-state index is 0.284. The van der Waals surface area contributed by atoms with Crippen molar-refractivity contribution in [2.75, 3.05) is 0 Å².